The predicted octanol–water partition coefficient (Wildman–Crippen LogP) is 3.58. The summed E-state index contributed by atoms with van der Waals surface area (Å²) in [6.45, 7) is 1.42. The van der Waals surface area contributed by atoms with Crippen LogP contribution in [0.15, 0.2) is 52.5 Å². The summed E-state index contributed by atoms with van der Waals surface area (Å²) in [6.07, 6.45) is 1.55. The maximum atomic E-state index is 12.1. The van der Waals surface area contributed by atoms with E-state index in [2.05, 4.69) is 10.3 Å². The highest BCUT2D eigenvalue weighted by molar-refractivity contribution is 7.13. The summed E-state index contributed by atoms with van der Waals surface area (Å²) in [5.74, 6) is 0.263. The topological polar surface area (TPSA) is 81.4 Å². The zero-order valence-corrected chi connectivity index (χ0v) is 12.9. The van der Waals surface area contributed by atoms with Gasteiger partial charge in [0.15, 0.2) is 16.5 Å². The van der Waals surface area contributed by atoms with E-state index in [9.17, 15) is 9.59 Å². The van der Waals surface area contributed by atoms with Gasteiger partial charge in [-0.05, 0) is 36.4 Å². The molecule has 23 heavy (non-hydrogen) atoms. The van der Waals surface area contributed by atoms with E-state index in [-0.39, 0.29) is 11.6 Å². The van der Waals surface area contributed by atoms with Gasteiger partial charge in [-0.3, -0.25) is 4.79 Å². The number of benzene rings is 1. The fourth-order valence-corrected chi connectivity index (χ4v) is 2.61. The fourth-order valence-electron chi connectivity index (χ4n) is 1.85. The SMILES string of the molecule is CC(=O)Nc1ccc(OC(=O)c2csc(-c3ccco3)n2)cc1. The Labute approximate surface area is 135 Å². The molecular weight excluding hydrogens is 316 g/mol. The van der Waals surface area contributed by atoms with Gasteiger partial charge in [-0.15, -0.1) is 11.3 Å². The standard InChI is InChI=1S/C16H12N2O4S/c1-10(19)17-11-4-6-12(7-5-11)22-16(20)13-9-23-15(18-13)14-3-2-8-21-14/h2-9H,1H3,(H,17,19). The van der Waals surface area contributed by atoms with E-state index in [1.807, 2.05) is 0 Å². The molecule has 2 heterocycles. The smallest absolute Gasteiger partial charge is 0.363 e. The lowest BCUT2D eigenvalue weighted by atomic mass is 10.3. The van der Waals surface area contributed by atoms with Gasteiger partial charge in [0.1, 0.15) is 5.75 Å². The van der Waals surface area contributed by atoms with E-state index in [1.165, 1.54) is 18.3 Å². The molecule has 1 amide bonds. The Morgan fingerprint density at radius 1 is 1.22 bits per heavy atom. The Morgan fingerprint density at radius 2 is 2.00 bits per heavy atom. The summed E-state index contributed by atoms with van der Waals surface area (Å²) >= 11 is 1.30. The maximum Gasteiger partial charge on any atom is 0.363 e. The van der Waals surface area contributed by atoms with E-state index in [4.69, 9.17) is 9.15 Å². The molecule has 0 bridgehead atoms. The van der Waals surface area contributed by atoms with Crippen LogP contribution >= 0.6 is 11.3 Å². The minimum atomic E-state index is -0.550. The van der Waals surface area contributed by atoms with E-state index >= 15 is 0 Å². The summed E-state index contributed by atoms with van der Waals surface area (Å²) in [5.41, 5.74) is 0.846. The van der Waals surface area contributed by atoms with E-state index in [0.717, 1.165) is 0 Å². The Bertz CT molecular complexity index is 822. The van der Waals surface area contributed by atoms with Crippen LogP contribution in [0.5, 0.6) is 5.75 Å². The lowest BCUT2D eigenvalue weighted by Crippen LogP contribution is -2.09. The van der Waals surface area contributed by atoms with Crippen molar-refractivity contribution in [1.29, 1.82) is 0 Å². The number of amides is 1. The Balaban J connectivity index is 1.68. The Hall–Kier alpha value is -2.93. The number of carbonyl (C=O) groups excluding carboxylic acids is 2. The van der Waals surface area contributed by atoms with Crippen LogP contribution in [-0.4, -0.2) is 16.9 Å². The molecule has 7 heteroatoms. The van der Waals surface area contributed by atoms with Gasteiger partial charge in [0.2, 0.25) is 5.91 Å². The number of rotatable bonds is 4. The molecule has 6 nitrogen and oxygen atoms in total. The lowest BCUT2D eigenvalue weighted by Gasteiger charge is -2.04. The van der Waals surface area contributed by atoms with Gasteiger partial charge < -0.3 is 14.5 Å². The number of furan rings is 1. The van der Waals surface area contributed by atoms with Crippen LogP contribution in [0.25, 0.3) is 10.8 Å². The molecule has 0 aliphatic heterocycles. The number of esters is 1. The number of hydrogen-bond donors (Lipinski definition) is 1. The first-order chi connectivity index (χ1) is 11.1. The Kier molecular flexibility index (Phi) is 4.20. The molecule has 0 aliphatic rings. The molecule has 2 aromatic heterocycles. The van der Waals surface area contributed by atoms with Crippen LogP contribution in [0.3, 0.4) is 0 Å². The third-order valence-corrected chi connectivity index (χ3v) is 3.69. The zero-order chi connectivity index (χ0) is 16.2. The first-order valence-electron chi connectivity index (χ1n) is 6.71. The van der Waals surface area contributed by atoms with Crippen molar-refractivity contribution in [2.45, 2.75) is 6.92 Å². The van der Waals surface area contributed by atoms with Gasteiger partial charge in [-0.2, -0.15) is 0 Å². The van der Waals surface area contributed by atoms with E-state index < -0.39 is 5.97 Å². The normalized spacial score (nSPS) is 10.3. The lowest BCUT2D eigenvalue weighted by molar-refractivity contribution is -0.114. The summed E-state index contributed by atoms with van der Waals surface area (Å²) in [5, 5.41) is 4.87. The molecule has 0 unspecified atom stereocenters. The van der Waals surface area contributed by atoms with Crippen molar-refractivity contribution in [3.05, 3.63) is 53.7 Å². The van der Waals surface area contributed by atoms with Crippen LogP contribution in [0.4, 0.5) is 5.69 Å². The van der Waals surface area contributed by atoms with Crippen molar-refractivity contribution in [2.24, 2.45) is 0 Å². The number of carbonyl (C=O) groups is 2. The van der Waals surface area contributed by atoms with Gasteiger partial charge in [0.25, 0.3) is 0 Å². The summed E-state index contributed by atoms with van der Waals surface area (Å²) in [6, 6.07) is 10.0. The minimum Gasteiger partial charge on any atom is -0.462 e. The van der Waals surface area contributed by atoms with Crippen LogP contribution in [0.1, 0.15) is 17.4 Å². The van der Waals surface area contributed by atoms with Crippen molar-refractivity contribution in [3.63, 3.8) is 0 Å². The quantitative estimate of drug-likeness (QED) is 0.585. The second-order valence-corrected chi connectivity index (χ2v) is 5.47. The largest absolute Gasteiger partial charge is 0.462 e. The van der Waals surface area contributed by atoms with Crippen LogP contribution in [-0.2, 0) is 4.79 Å². The van der Waals surface area contributed by atoms with E-state index in [0.29, 0.717) is 22.2 Å². The molecule has 1 N–H and O–H groups in total. The molecule has 116 valence electrons. The predicted molar refractivity (Wildman–Crippen MR) is 85.5 cm³/mol. The van der Waals surface area contributed by atoms with Crippen LogP contribution in [0.2, 0.25) is 0 Å². The Morgan fingerprint density at radius 3 is 2.65 bits per heavy atom. The third kappa shape index (κ3) is 3.64. The second kappa shape index (κ2) is 6.45. The number of nitrogens with zero attached hydrogens (tertiary/aromatic N) is 1. The van der Waals surface area contributed by atoms with Gasteiger partial charge >= 0.3 is 5.97 Å². The van der Waals surface area contributed by atoms with Crippen LogP contribution < -0.4 is 10.1 Å². The number of nitrogens with one attached hydrogen (secondary N) is 1. The molecule has 0 fully saturated rings. The van der Waals surface area contributed by atoms with Gasteiger partial charge in [-0.1, -0.05) is 0 Å². The number of aromatic nitrogens is 1. The average Bonchev–Trinajstić information content (AvgIpc) is 3.19. The molecule has 0 aliphatic carbocycles. The molecule has 0 saturated heterocycles. The maximum absolute atomic E-state index is 12.1. The summed E-state index contributed by atoms with van der Waals surface area (Å²) < 4.78 is 10.5. The van der Waals surface area contributed by atoms with Crippen molar-refractivity contribution >= 4 is 28.9 Å². The highest BCUT2D eigenvalue weighted by Gasteiger charge is 2.15. The van der Waals surface area contributed by atoms with E-state index in [1.54, 1.807) is 48.0 Å². The molecule has 0 atom stereocenters. The first-order valence-corrected chi connectivity index (χ1v) is 7.59. The molecular formula is C16H12N2O4S. The highest BCUT2D eigenvalue weighted by Crippen LogP contribution is 2.25. The number of hydrogen-bond acceptors (Lipinski definition) is 6. The molecule has 1 aromatic carbocycles. The van der Waals surface area contributed by atoms with Crippen molar-refractivity contribution < 1.29 is 18.7 Å². The molecule has 0 spiro atoms. The monoisotopic (exact) mass is 328 g/mol. The van der Waals surface area contributed by atoms with Crippen molar-refractivity contribution in [2.75, 3.05) is 5.32 Å². The van der Waals surface area contributed by atoms with Gasteiger partial charge in [0.05, 0.1) is 6.26 Å². The molecule has 0 saturated carbocycles. The molecule has 3 rings (SSSR count). The molecule has 0 radical (unpaired) electrons. The number of ether oxygens (including phenoxy) is 1. The fraction of sp³-hybridized carbons (Fsp3) is 0.0625. The van der Waals surface area contributed by atoms with Crippen molar-refractivity contribution in [1.82, 2.24) is 4.98 Å². The number of anilines is 1. The third-order valence-electron chi connectivity index (χ3n) is 2.83. The summed E-state index contributed by atoms with van der Waals surface area (Å²) in [4.78, 5) is 27.2. The zero-order valence-electron chi connectivity index (χ0n) is 12.1. The minimum absolute atomic E-state index is 0.164. The van der Waals surface area contributed by atoms with Gasteiger partial charge in [-0.25, -0.2) is 9.78 Å². The first kappa shape index (κ1) is 15.0. The number of thiazole rings is 1. The highest BCUT2D eigenvalue weighted by atomic mass is 32.1. The second-order valence-electron chi connectivity index (χ2n) is 4.61. The average molecular weight is 328 g/mol. The van der Waals surface area contributed by atoms with Crippen molar-refractivity contribution in [3.8, 4) is 16.5 Å². The van der Waals surface area contributed by atoms with Gasteiger partial charge in [0, 0.05) is 18.0 Å². The van der Waals surface area contributed by atoms with Crippen LogP contribution in [0, 0.1) is 0 Å². The summed E-state index contributed by atoms with van der Waals surface area (Å²) in [7, 11) is 0. The molecule has 3 aromatic rings.